The van der Waals surface area contributed by atoms with Crippen molar-refractivity contribution in [3.63, 3.8) is 0 Å². The molecule has 1 rings (SSSR count). The van der Waals surface area contributed by atoms with Gasteiger partial charge in [0.1, 0.15) is 0 Å². The second-order valence-corrected chi connectivity index (χ2v) is 3.55. The molecular formula is C9H12ClFN2O. The van der Waals surface area contributed by atoms with Gasteiger partial charge >= 0.3 is 0 Å². The maximum absolute atomic E-state index is 13.2. The van der Waals surface area contributed by atoms with Crippen LogP contribution < -0.4 is 11.5 Å². The monoisotopic (exact) mass is 218 g/mol. The van der Waals surface area contributed by atoms with E-state index in [-0.39, 0.29) is 16.3 Å². The Bertz CT molecular complexity index is 344. The van der Waals surface area contributed by atoms with Crippen molar-refractivity contribution in [1.82, 2.24) is 0 Å². The highest BCUT2D eigenvalue weighted by atomic mass is 35.5. The van der Waals surface area contributed by atoms with Gasteiger partial charge in [-0.2, -0.15) is 0 Å². The molecule has 0 heterocycles. The zero-order chi connectivity index (χ0) is 10.9. The molecule has 0 aliphatic heterocycles. The predicted octanol–water partition coefficient (Wildman–Crippen LogP) is 1.44. The minimum absolute atomic E-state index is 0.0457. The Morgan fingerprint density at radius 1 is 1.50 bits per heavy atom. The quantitative estimate of drug-likeness (QED) is 0.658. The fourth-order valence-electron chi connectivity index (χ4n) is 1.09. The number of hydrogen-bond donors (Lipinski definition) is 3. The van der Waals surface area contributed by atoms with Crippen molar-refractivity contribution in [1.29, 1.82) is 0 Å². The van der Waals surface area contributed by atoms with Crippen molar-refractivity contribution in [3.8, 4) is 0 Å². The highest BCUT2D eigenvalue weighted by Gasteiger charge is 2.19. The molecule has 0 unspecified atom stereocenters. The van der Waals surface area contributed by atoms with Gasteiger partial charge in [-0.25, -0.2) is 4.39 Å². The van der Waals surface area contributed by atoms with Gasteiger partial charge in [-0.3, -0.25) is 0 Å². The van der Waals surface area contributed by atoms with Crippen molar-refractivity contribution >= 4 is 17.3 Å². The molecule has 0 aromatic heterocycles. The third kappa shape index (κ3) is 1.97. The number of benzene rings is 1. The SMILES string of the molecule is C[C@@H](N)[C@@H](O)c1ccc(N)c(F)c1Cl. The normalized spacial score (nSPS) is 15.2. The Morgan fingerprint density at radius 3 is 2.57 bits per heavy atom. The second-order valence-electron chi connectivity index (χ2n) is 3.18. The Kier molecular flexibility index (Phi) is 3.31. The number of aliphatic hydroxyl groups is 1. The number of hydrogen-bond acceptors (Lipinski definition) is 3. The van der Waals surface area contributed by atoms with Gasteiger partial charge in [-0.05, 0) is 13.0 Å². The molecule has 0 spiro atoms. The van der Waals surface area contributed by atoms with Crippen LogP contribution in [0.3, 0.4) is 0 Å². The van der Waals surface area contributed by atoms with Gasteiger partial charge in [0.2, 0.25) is 0 Å². The molecule has 0 saturated heterocycles. The Hall–Kier alpha value is -0.840. The van der Waals surface area contributed by atoms with Crippen molar-refractivity contribution < 1.29 is 9.50 Å². The van der Waals surface area contributed by atoms with E-state index in [0.29, 0.717) is 0 Å². The average molecular weight is 219 g/mol. The third-order valence-electron chi connectivity index (χ3n) is 1.96. The van der Waals surface area contributed by atoms with Crippen molar-refractivity contribution in [2.75, 3.05) is 5.73 Å². The van der Waals surface area contributed by atoms with E-state index in [1.54, 1.807) is 6.92 Å². The number of nitrogens with two attached hydrogens (primary N) is 2. The predicted molar refractivity (Wildman–Crippen MR) is 54.4 cm³/mol. The topological polar surface area (TPSA) is 72.3 Å². The molecule has 5 N–H and O–H groups in total. The first kappa shape index (κ1) is 11.2. The van der Waals surface area contributed by atoms with Crippen LogP contribution in [-0.2, 0) is 0 Å². The molecule has 0 saturated carbocycles. The minimum Gasteiger partial charge on any atom is -0.396 e. The molecular weight excluding hydrogens is 207 g/mol. The fraction of sp³-hybridized carbons (Fsp3) is 0.333. The molecule has 0 bridgehead atoms. The molecule has 0 radical (unpaired) electrons. The van der Waals surface area contributed by atoms with Gasteiger partial charge in [0.25, 0.3) is 0 Å². The van der Waals surface area contributed by atoms with Gasteiger partial charge in [-0.15, -0.1) is 0 Å². The summed E-state index contributed by atoms with van der Waals surface area (Å²) in [5, 5.41) is 9.41. The van der Waals surface area contributed by atoms with Crippen molar-refractivity contribution in [3.05, 3.63) is 28.5 Å². The Balaban J connectivity index is 3.17. The second kappa shape index (κ2) is 4.13. The summed E-state index contributed by atoms with van der Waals surface area (Å²) in [5.41, 5.74) is 11.0. The number of anilines is 1. The van der Waals surface area contributed by atoms with Gasteiger partial charge in [0.05, 0.1) is 16.8 Å². The van der Waals surface area contributed by atoms with Crippen LogP contribution in [-0.4, -0.2) is 11.1 Å². The summed E-state index contributed by atoms with van der Waals surface area (Å²) in [6.45, 7) is 1.61. The molecule has 5 heteroatoms. The number of rotatable bonds is 2. The van der Waals surface area contributed by atoms with E-state index in [9.17, 15) is 9.50 Å². The molecule has 0 fully saturated rings. The summed E-state index contributed by atoms with van der Waals surface area (Å²) >= 11 is 5.67. The standard InChI is InChI=1S/C9H12ClFN2O/c1-4(12)9(14)5-2-3-6(13)8(11)7(5)10/h2-4,9,14H,12-13H2,1H3/t4-,9-/m1/s1. The van der Waals surface area contributed by atoms with Crippen LogP contribution in [0.15, 0.2) is 12.1 Å². The van der Waals surface area contributed by atoms with Gasteiger partial charge in [0, 0.05) is 11.6 Å². The molecule has 78 valence electrons. The van der Waals surface area contributed by atoms with E-state index < -0.39 is 18.0 Å². The molecule has 1 aromatic carbocycles. The molecule has 0 amide bonds. The summed E-state index contributed by atoms with van der Waals surface area (Å²) in [6.07, 6.45) is -0.988. The molecule has 3 nitrogen and oxygen atoms in total. The van der Waals surface area contributed by atoms with Gasteiger partial charge < -0.3 is 16.6 Å². The van der Waals surface area contributed by atoms with E-state index >= 15 is 0 Å². The molecule has 0 aliphatic carbocycles. The zero-order valence-electron chi connectivity index (χ0n) is 7.67. The van der Waals surface area contributed by atoms with E-state index in [2.05, 4.69) is 0 Å². The minimum atomic E-state index is -0.988. The number of aliphatic hydroxyl groups excluding tert-OH is 1. The third-order valence-corrected chi connectivity index (χ3v) is 2.34. The van der Waals surface area contributed by atoms with E-state index in [1.165, 1.54) is 12.1 Å². The van der Waals surface area contributed by atoms with E-state index in [4.69, 9.17) is 23.1 Å². The maximum atomic E-state index is 13.2. The molecule has 14 heavy (non-hydrogen) atoms. The maximum Gasteiger partial charge on any atom is 0.165 e. The van der Waals surface area contributed by atoms with Crippen LogP contribution in [0.1, 0.15) is 18.6 Å². The van der Waals surface area contributed by atoms with Crippen molar-refractivity contribution in [2.45, 2.75) is 19.1 Å². The van der Waals surface area contributed by atoms with Gasteiger partial charge in [-0.1, -0.05) is 17.7 Å². The van der Waals surface area contributed by atoms with Gasteiger partial charge in [0.15, 0.2) is 5.82 Å². The Labute approximate surface area is 86.5 Å². The van der Waals surface area contributed by atoms with Crippen LogP contribution >= 0.6 is 11.6 Å². The highest BCUT2D eigenvalue weighted by molar-refractivity contribution is 6.31. The number of halogens is 2. The molecule has 0 aliphatic rings. The van der Waals surface area contributed by atoms with Crippen LogP contribution in [0.5, 0.6) is 0 Å². The summed E-state index contributed by atoms with van der Waals surface area (Å²) in [5.74, 6) is -0.719. The van der Waals surface area contributed by atoms with Crippen LogP contribution in [0.25, 0.3) is 0 Å². The fourth-order valence-corrected chi connectivity index (χ4v) is 1.37. The average Bonchev–Trinajstić information content (AvgIpc) is 2.13. The summed E-state index contributed by atoms with van der Waals surface area (Å²) in [4.78, 5) is 0. The van der Waals surface area contributed by atoms with E-state index in [0.717, 1.165) is 0 Å². The summed E-state index contributed by atoms with van der Waals surface area (Å²) in [6, 6.07) is 2.30. The highest BCUT2D eigenvalue weighted by Crippen LogP contribution is 2.29. The summed E-state index contributed by atoms with van der Waals surface area (Å²) < 4.78 is 13.2. The number of nitrogen functional groups attached to an aromatic ring is 1. The van der Waals surface area contributed by atoms with Crippen LogP contribution in [0, 0.1) is 5.82 Å². The van der Waals surface area contributed by atoms with Crippen LogP contribution in [0.4, 0.5) is 10.1 Å². The van der Waals surface area contributed by atoms with E-state index in [1.807, 2.05) is 0 Å². The first-order valence-electron chi connectivity index (χ1n) is 4.12. The lowest BCUT2D eigenvalue weighted by Crippen LogP contribution is -2.24. The first-order valence-corrected chi connectivity index (χ1v) is 4.50. The lowest BCUT2D eigenvalue weighted by molar-refractivity contribution is 0.153. The summed E-state index contributed by atoms with van der Waals surface area (Å²) in [7, 11) is 0. The van der Waals surface area contributed by atoms with Crippen LogP contribution in [0.2, 0.25) is 5.02 Å². The zero-order valence-corrected chi connectivity index (χ0v) is 8.42. The molecule has 2 atom stereocenters. The lowest BCUT2D eigenvalue weighted by atomic mass is 10.0. The first-order chi connectivity index (χ1) is 6.45. The smallest absolute Gasteiger partial charge is 0.165 e. The largest absolute Gasteiger partial charge is 0.396 e. The van der Waals surface area contributed by atoms with Crippen molar-refractivity contribution in [2.24, 2.45) is 5.73 Å². The molecule has 1 aromatic rings. The lowest BCUT2D eigenvalue weighted by Gasteiger charge is -2.16. The Morgan fingerprint density at radius 2 is 2.07 bits per heavy atom.